The summed E-state index contributed by atoms with van der Waals surface area (Å²) in [5, 5.41) is 7.27. The monoisotopic (exact) mass is 611 g/mol. The molecule has 11 heteroatoms. The maximum Gasteiger partial charge on any atom is 0.323 e. The van der Waals surface area contributed by atoms with Crippen LogP contribution in [0.4, 0.5) is 0 Å². The first-order chi connectivity index (χ1) is 19.9. The average Bonchev–Trinajstić information content (AvgIpc) is 2.92. The van der Waals surface area contributed by atoms with Gasteiger partial charge in [0.05, 0.1) is 19.8 Å². The molecule has 1 rings (SSSR count). The standard InChI is InChI=1S/C31H54N3O7P/c1-8-39-30(36)27(22-24(3)4)32-42(38,33-28(23-25(5)6)31(37)40-9-2)21-15-19-29(35)34(7)41-20-14-13-18-26-16-11-10-12-17-26/h10-12,16-17,24-25,27-28H,8-9,13-15,18-23H2,1-7H3,(H2,32,33,38)/t27-,28-/m0/s1. The van der Waals surface area contributed by atoms with Crippen molar-refractivity contribution in [2.75, 3.05) is 33.0 Å². The van der Waals surface area contributed by atoms with Gasteiger partial charge in [0.1, 0.15) is 12.1 Å². The number of rotatable bonds is 22. The van der Waals surface area contributed by atoms with E-state index in [0.29, 0.717) is 19.4 Å². The van der Waals surface area contributed by atoms with Crippen LogP contribution in [0.2, 0.25) is 0 Å². The summed E-state index contributed by atoms with van der Waals surface area (Å²) < 4.78 is 24.8. The fraction of sp³-hybridized carbons (Fsp3) is 0.710. The molecule has 0 spiro atoms. The molecule has 0 radical (unpaired) electrons. The highest BCUT2D eigenvalue weighted by Gasteiger charge is 2.35. The predicted molar refractivity (Wildman–Crippen MR) is 166 cm³/mol. The Hall–Kier alpha value is -2.26. The molecule has 0 aliphatic carbocycles. The Labute approximate surface area is 253 Å². The van der Waals surface area contributed by atoms with Crippen LogP contribution in [0.25, 0.3) is 0 Å². The normalized spacial score (nSPS) is 13.2. The Bertz CT molecular complexity index is 937. The number of unbranched alkanes of at least 4 members (excludes halogenated alkanes) is 1. The van der Waals surface area contributed by atoms with Gasteiger partial charge in [-0.05, 0) is 69.8 Å². The summed E-state index contributed by atoms with van der Waals surface area (Å²) in [5.41, 5.74) is 1.27. The third-order valence-corrected chi connectivity index (χ3v) is 8.89. The summed E-state index contributed by atoms with van der Waals surface area (Å²) in [4.78, 5) is 43.9. The molecule has 0 saturated carbocycles. The van der Waals surface area contributed by atoms with Crippen LogP contribution in [0.1, 0.15) is 85.6 Å². The minimum atomic E-state index is -3.56. The van der Waals surface area contributed by atoms with Crippen molar-refractivity contribution in [3.05, 3.63) is 35.9 Å². The van der Waals surface area contributed by atoms with Crippen molar-refractivity contribution < 1.29 is 33.3 Å². The van der Waals surface area contributed by atoms with Gasteiger partial charge in [-0.15, -0.1) is 0 Å². The van der Waals surface area contributed by atoms with E-state index in [2.05, 4.69) is 22.3 Å². The molecule has 240 valence electrons. The van der Waals surface area contributed by atoms with E-state index < -0.39 is 31.5 Å². The third-order valence-electron chi connectivity index (χ3n) is 6.49. The number of nitrogens with one attached hydrogen (secondary N) is 2. The predicted octanol–water partition coefficient (Wildman–Crippen LogP) is 5.51. The molecule has 0 unspecified atom stereocenters. The number of hydrogen-bond acceptors (Lipinski definition) is 7. The second-order valence-electron chi connectivity index (χ2n) is 11.4. The number of carbonyl (C=O) groups is 3. The zero-order valence-electron chi connectivity index (χ0n) is 26.7. The van der Waals surface area contributed by atoms with Gasteiger partial charge in [0.25, 0.3) is 0 Å². The van der Waals surface area contributed by atoms with Gasteiger partial charge < -0.3 is 9.47 Å². The van der Waals surface area contributed by atoms with E-state index in [1.807, 2.05) is 45.9 Å². The van der Waals surface area contributed by atoms with E-state index in [4.69, 9.17) is 14.3 Å². The van der Waals surface area contributed by atoms with Gasteiger partial charge in [-0.1, -0.05) is 58.0 Å². The molecule has 0 aromatic heterocycles. The SMILES string of the molecule is CCOC(=O)[C@H](CC(C)C)NP(=O)(CCCC(=O)N(C)OCCCCc1ccccc1)N[C@@H](CC(C)C)C(=O)OCC. The fourth-order valence-corrected chi connectivity index (χ4v) is 6.83. The molecule has 0 bridgehead atoms. The lowest BCUT2D eigenvalue weighted by atomic mass is 10.1. The van der Waals surface area contributed by atoms with E-state index >= 15 is 0 Å². The van der Waals surface area contributed by atoms with Crippen molar-refractivity contribution in [2.45, 2.75) is 98.6 Å². The quantitative estimate of drug-likeness (QED) is 0.0756. The molecule has 2 N–H and O–H groups in total. The number of hydroxylamine groups is 2. The summed E-state index contributed by atoms with van der Waals surface area (Å²) in [7, 11) is -1.98. The number of carbonyl (C=O) groups excluding carboxylic acids is 3. The topological polar surface area (TPSA) is 123 Å². The number of hydrogen-bond donors (Lipinski definition) is 2. The molecule has 0 aliphatic rings. The Morgan fingerprint density at radius 1 is 0.833 bits per heavy atom. The first-order valence-electron chi connectivity index (χ1n) is 15.3. The third kappa shape index (κ3) is 15.8. The molecule has 2 atom stereocenters. The first kappa shape index (κ1) is 37.8. The van der Waals surface area contributed by atoms with Gasteiger partial charge >= 0.3 is 11.9 Å². The van der Waals surface area contributed by atoms with Crippen molar-refractivity contribution >= 4 is 25.3 Å². The van der Waals surface area contributed by atoms with Gasteiger partial charge in [0.2, 0.25) is 13.4 Å². The van der Waals surface area contributed by atoms with Crippen LogP contribution >= 0.6 is 7.44 Å². The highest BCUT2D eigenvalue weighted by atomic mass is 31.2. The maximum atomic E-state index is 14.3. The molecule has 42 heavy (non-hydrogen) atoms. The van der Waals surface area contributed by atoms with Crippen molar-refractivity contribution in [1.29, 1.82) is 0 Å². The van der Waals surface area contributed by atoms with Gasteiger partial charge in [-0.25, -0.2) is 15.2 Å². The highest BCUT2D eigenvalue weighted by molar-refractivity contribution is 7.59. The van der Waals surface area contributed by atoms with E-state index in [1.165, 1.54) is 10.6 Å². The van der Waals surface area contributed by atoms with Gasteiger partial charge in [-0.2, -0.15) is 0 Å². The summed E-state index contributed by atoms with van der Waals surface area (Å²) in [5.74, 6) is -0.991. The molecular formula is C31H54N3O7P. The Morgan fingerprint density at radius 3 is 1.83 bits per heavy atom. The fourth-order valence-electron chi connectivity index (χ4n) is 4.46. The minimum Gasteiger partial charge on any atom is -0.465 e. The second-order valence-corrected chi connectivity index (χ2v) is 13.8. The molecule has 10 nitrogen and oxygen atoms in total. The summed E-state index contributed by atoms with van der Waals surface area (Å²) in [6.07, 6.45) is 3.91. The van der Waals surface area contributed by atoms with Crippen LogP contribution in [0.15, 0.2) is 30.3 Å². The first-order valence-corrected chi connectivity index (χ1v) is 17.2. The number of amides is 1. The molecule has 0 heterocycles. The van der Waals surface area contributed by atoms with E-state index in [-0.39, 0.29) is 50.0 Å². The summed E-state index contributed by atoms with van der Waals surface area (Å²) in [6.45, 7) is 12.1. The van der Waals surface area contributed by atoms with Crippen molar-refractivity contribution in [1.82, 2.24) is 15.2 Å². The van der Waals surface area contributed by atoms with Crippen LogP contribution in [-0.2, 0) is 39.7 Å². The van der Waals surface area contributed by atoms with Crippen LogP contribution in [0, 0.1) is 11.8 Å². The molecule has 0 fully saturated rings. The summed E-state index contributed by atoms with van der Waals surface area (Å²) in [6, 6.07) is 8.55. The van der Waals surface area contributed by atoms with Crippen molar-refractivity contribution in [3.8, 4) is 0 Å². The average molecular weight is 612 g/mol. The number of ether oxygens (including phenoxy) is 2. The number of benzene rings is 1. The van der Waals surface area contributed by atoms with Crippen LogP contribution < -0.4 is 10.2 Å². The lowest BCUT2D eigenvalue weighted by Crippen LogP contribution is -2.45. The largest absolute Gasteiger partial charge is 0.465 e. The zero-order chi connectivity index (χ0) is 31.5. The van der Waals surface area contributed by atoms with Crippen molar-refractivity contribution in [3.63, 3.8) is 0 Å². The lowest BCUT2D eigenvalue weighted by molar-refractivity contribution is -0.178. The lowest BCUT2D eigenvalue weighted by Gasteiger charge is -2.30. The summed E-state index contributed by atoms with van der Waals surface area (Å²) >= 11 is 0. The number of nitrogens with zero attached hydrogens (tertiary/aromatic N) is 1. The Kier molecular flexibility index (Phi) is 18.5. The molecule has 1 aromatic carbocycles. The van der Waals surface area contributed by atoms with Gasteiger partial charge in [-0.3, -0.25) is 23.8 Å². The van der Waals surface area contributed by atoms with Crippen LogP contribution in [0.3, 0.4) is 0 Å². The van der Waals surface area contributed by atoms with E-state index in [1.54, 1.807) is 20.9 Å². The zero-order valence-corrected chi connectivity index (χ0v) is 27.6. The molecule has 0 aliphatic heterocycles. The van der Waals surface area contributed by atoms with Crippen LogP contribution in [0.5, 0.6) is 0 Å². The smallest absolute Gasteiger partial charge is 0.323 e. The van der Waals surface area contributed by atoms with Gasteiger partial charge in [0.15, 0.2) is 0 Å². The molecule has 1 aromatic rings. The van der Waals surface area contributed by atoms with E-state index in [9.17, 15) is 18.9 Å². The minimum absolute atomic E-state index is 0.0473. The highest BCUT2D eigenvalue weighted by Crippen LogP contribution is 2.40. The van der Waals surface area contributed by atoms with E-state index in [0.717, 1.165) is 19.3 Å². The van der Waals surface area contributed by atoms with Crippen LogP contribution in [-0.4, -0.2) is 68.0 Å². The molecule has 0 saturated heterocycles. The van der Waals surface area contributed by atoms with Crippen molar-refractivity contribution in [2.24, 2.45) is 11.8 Å². The number of esters is 2. The second kappa shape index (κ2) is 20.6. The Morgan fingerprint density at radius 2 is 1.36 bits per heavy atom. The Balaban J connectivity index is 2.85. The molecule has 1 amide bonds. The molecular weight excluding hydrogens is 557 g/mol. The number of aryl methyl sites for hydroxylation is 1. The van der Waals surface area contributed by atoms with Gasteiger partial charge in [0, 0.05) is 19.6 Å². The maximum absolute atomic E-state index is 14.3.